The molecule has 1 unspecified atom stereocenters. The number of hydrogen-bond acceptors (Lipinski definition) is 4. The van der Waals surface area contributed by atoms with Crippen LogP contribution >= 0.6 is 0 Å². The Bertz CT molecular complexity index is 219. The van der Waals surface area contributed by atoms with Crippen LogP contribution in [0.15, 0.2) is 0 Å². The molecule has 0 saturated carbocycles. The quantitative estimate of drug-likeness (QED) is 0.592. The Balaban J connectivity index is 3.55. The fraction of sp³-hybridized carbons (Fsp3) is 0.818. The van der Waals surface area contributed by atoms with Gasteiger partial charge in [0, 0.05) is 6.42 Å². The van der Waals surface area contributed by atoms with Crippen LogP contribution < -0.4 is 11.1 Å². The molecule has 3 N–H and O–H groups in total. The minimum Gasteiger partial charge on any atom is -0.465 e. The van der Waals surface area contributed by atoms with Gasteiger partial charge in [-0.1, -0.05) is 6.92 Å². The molecular weight excluding hydrogens is 208 g/mol. The summed E-state index contributed by atoms with van der Waals surface area (Å²) in [5, 5.41) is 2.52. The summed E-state index contributed by atoms with van der Waals surface area (Å²) in [5.74, 6) is -0.0684. The van der Waals surface area contributed by atoms with Crippen molar-refractivity contribution in [1.82, 2.24) is 5.32 Å². The van der Waals surface area contributed by atoms with Crippen LogP contribution in [-0.4, -0.2) is 31.6 Å². The van der Waals surface area contributed by atoms with E-state index in [1.165, 1.54) is 0 Å². The molecule has 0 aromatic heterocycles. The van der Waals surface area contributed by atoms with Crippen molar-refractivity contribution in [2.45, 2.75) is 33.1 Å². The van der Waals surface area contributed by atoms with Gasteiger partial charge in [-0.05, 0) is 32.2 Å². The van der Waals surface area contributed by atoms with Gasteiger partial charge in [-0.15, -0.1) is 0 Å². The molecule has 0 aromatic carbocycles. The Labute approximate surface area is 96.7 Å². The maximum Gasteiger partial charge on any atom is 0.325 e. The zero-order valence-corrected chi connectivity index (χ0v) is 10.1. The van der Waals surface area contributed by atoms with Gasteiger partial charge < -0.3 is 15.8 Å². The van der Waals surface area contributed by atoms with Crippen LogP contribution in [0.3, 0.4) is 0 Å². The summed E-state index contributed by atoms with van der Waals surface area (Å²) < 4.78 is 4.69. The van der Waals surface area contributed by atoms with Crippen molar-refractivity contribution in [3.63, 3.8) is 0 Å². The lowest BCUT2D eigenvalue weighted by molar-refractivity contribution is -0.143. The highest BCUT2D eigenvalue weighted by atomic mass is 16.5. The van der Waals surface area contributed by atoms with E-state index >= 15 is 0 Å². The van der Waals surface area contributed by atoms with Gasteiger partial charge in [-0.25, -0.2) is 0 Å². The van der Waals surface area contributed by atoms with Crippen molar-refractivity contribution in [1.29, 1.82) is 0 Å². The molecule has 0 aliphatic rings. The predicted octanol–water partition coefficient (Wildman–Crippen LogP) is 0.431. The fourth-order valence-corrected chi connectivity index (χ4v) is 1.28. The van der Waals surface area contributed by atoms with Gasteiger partial charge in [0.15, 0.2) is 0 Å². The molecule has 0 radical (unpaired) electrons. The summed E-state index contributed by atoms with van der Waals surface area (Å²) in [6, 6.07) is 0. The van der Waals surface area contributed by atoms with E-state index in [4.69, 9.17) is 5.73 Å². The smallest absolute Gasteiger partial charge is 0.325 e. The van der Waals surface area contributed by atoms with Crippen molar-refractivity contribution >= 4 is 11.9 Å². The van der Waals surface area contributed by atoms with Crippen LogP contribution in [-0.2, 0) is 14.3 Å². The van der Waals surface area contributed by atoms with Gasteiger partial charge in [-0.3, -0.25) is 9.59 Å². The zero-order valence-electron chi connectivity index (χ0n) is 10.1. The third kappa shape index (κ3) is 8.23. The SMILES string of the molecule is CCOC(=O)CNC(=O)CCC(C)CCN. The first-order valence-corrected chi connectivity index (χ1v) is 5.72. The minimum atomic E-state index is -0.397. The first kappa shape index (κ1) is 14.9. The maximum atomic E-state index is 11.3. The summed E-state index contributed by atoms with van der Waals surface area (Å²) in [7, 11) is 0. The van der Waals surface area contributed by atoms with Gasteiger partial charge >= 0.3 is 5.97 Å². The standard InChI is InChI=1S/C11H22N2O3/c1-3-16-11(15)8-13-10(14)5-4-9(2)6-7-12/h9H,3-8,12H2,1-2H3,(H,13,14). The van der Waals surface area contributed by atoms with E-state index in [0.717, 1.165) is 12.8 Å². The van der Waals surface area contributed by atoms with E-state index in [2.05, 4.69) is 17.0 Å². The molecule has 0 fully saturated rings. The number of nitrogens with one attached hydrogen (secondary N) is 1. The number of carbonyl (C=O) groups excluding carboxylic acids is 2. The van der Waals surface area contributed by atoms with Crippen molar-refractivity contribution in [3.8, 4) is 0 Å². The number of esters is 1. The first-order chi connectivity index (χ1) is 7.60. The van der Waals surface area contributed by atoms with E-state index < -0.39 is 5.97 Å². The normalized spacial score (nSPS) is 11.9. The first-order valence-electron chi connectivity index (χ1n) is 5.72. The number of nitrogens with two attached hydrogens (primary N) is 1. The van der Waals surface area contributed by atoms with Crippen LogP contribution in [0.1, 0.15) is 33.1 Å². The van der Waals surface area contributed by atoms with Crippen LogP contribution in [0.2, 0.25) is 0 Å². The molecular formula is C11H22N2O3. The molecule has 0 aliphatic heterocycles. The van der Waals surface area contributed by atoms with Crippen LogP contribution in [0.25, 0.3) is 0 Å². The van der Waals surface area contributed by atoms with E-state index in [0.29, 0.717) is 25.5 Å². The van der Waals surface area contributed by atoms with Crippen LogP contribution in [0.5, 0.6) is 0 Å². The molecule has 5 nitrogen and oxygen atoms in total. The molecule has 0 spiro atoms. The van der Waals surface area contributed by atoms with Crippen molar-refractivity contribution in [2.75, 3.05) is 19.7 Å². The third-order valence-electron chi connectivity index (χ3n) is 2.26. The molecule has 0 rings (SSSR count). The molecule has 1 atom stereocenters. The summed E-state index contributed by atoms with van der Waals surface area (Å²) in [4.78, 5) is 22.2. The zero-order chi connectivity index (χ0) is 12.4. The van der Waals surface area contributed by atoms with Crippen molar-refractivity contribution in [3.05, 3.63) is 0 Å². The molecule has 0 saturated heterocycles. The minimum absolute atomic E-state index is 0.0437. The molecule has 16 heavy (non-hydrogen) atoms. The highest BCUT2D eigenvalue weighted by Crippen LogP contribution is 2.08. The predicted molar refractivity (Wildman–Crippen MR) is 61.7 cm³/mol. The highest BCUT2D eigenvalue weighted by Gasteiger charge is 2.08. The fourth-order valence-electron chi connectivity index (χ4n) is 1.28. The Morgan fingerprint density at radius 3 is 2.62 bits per heavy atom. The molecule has 0 aliphatic carbocycles. The largest absolute Gasteiger partial charge is 0.465 e. The Hall–Kier alpha value is -1.10. The Morgan fingerprint density at radius 1 is 1.38 bits per heavy atom. The average molecular weight is 230 g/mol. The monoisotopic (exact) mass is 230 g/mol. The number of amides is 1. The Morgan fingerprint density at radius 2 is 2.06 bits per heavy atom. The summed E-state index contributed by atoms with van der Waals surface area (Å²) in [6.07, 6.45) is 2.15. The molecule has 5 heteroatoms. The van der Waals surface area contributed by atoms with Crippen molar-refractivity contribution in [2.24, 2.45) is 11.7 Å². The lowest BCUT2D eigenvalue weighted by atomic mass is 10.0. The number of ether oxygens (including phenoxy) is 1. The van der Waals surface area contributed by atoms with Gasteiger partial charge in [0.05, 0.1) is 6.61 Å². The Kier molecular flexibility index (Phi) is 8.52. The lowest BCUT2D eigenvalue weighted by Crippen LogP contribution is -2.30. The number of carbonyl (C=O) groups is 2. The number of hydrogen-bond donors (Lipinski definition) is 2. The maximum absolute atomic E-state index is 11.3. The van der Waals surface area contributed by atoms with Crippen molar-refractivity contribution < 1.29 is 14.3 Å². The average Bonchev–Trinajstić information content (AvgIpc) is 2.24. The summed E-state index contributed by atoms with van der Waals surface area (Å²) >= 11 is 0. The van der Waals surface area contributed by atoms with Gasteiger partial charge in [-0.2, -0.15) is 0 Å². The lowest BCUT2D eigenvalue weighted by Gasteiger charge is -2.09. The topological polar surface area (TPSA) is 81.4 Å². The molecule has 0 aromatic rings. The van der Waals surface area contributed by atoms with Gasteiger partial charge in [0.25, 0.3) is 0 Å². The highest BCUT2D eigenvalue weighted by molar-refractivity contribution is 5.81. The van der Waals surface area contributed by atoms with Crippen LogP contribution in [0.4, 0.5) is 0 Å². The summed E-state index contributed by atoms with van der Waals surface area (Å²) in [6.45, 7) is 4.73. The molecule has 0 bridgehead atoms. The summed E-state index contributed by atoms with van der Waals surface area (Å²) in [5.41, 5.74) is 5.41. The molecule has 0 heterocycles. The van der Waals surface area contributed by atoms with E-state index in [9.17, 15) is 9.59 Å². The van der Waals surface area contributed by atoms with E-state index in [1.807, 2.05) is 0 Å². The second-order valence-electron chi connectivity index (χ2n) is 3.80. The van der Waals surface area contributed by atoms with Gasteiger partial charge in [0.2, 0.25) is 5.91 Å². The van der Waals surface area contributed by atoms with E-state index in [-0.39, 0.29) is 12.5 Å². The second-order valence-corrected chi connectivity index (χ2v) is 3.80. The van der Waals surface area contributed by atoms with Gasteiger partial charge in [0.1, 0.15) is 6.54 Å². The van der Waals surface area contributed by atoms with Crippen LogP contribution in [0, 0.1) is 5.92 Å². The number of rotatable bonds is 8. The third-order valence-corrected chi connectivity index (χ3v) is 2.26. The molecule has 1 amide bonds. The second kappa shape index (κ2) is 9.15. The molecule has 94 valence electrons. The van der Waals surface area contributed by atoms with E-state index in [1.54, 1.807) is 6.92 Å².